The van der Waals surface area contributed by atoms with Gasteiger partial charge >= 0.3 is 0 Å². The van der Waals surface area contributed by atoms with Crippen LogP contribution in [0.1, 0.15) is 49.2 Å². The van der Waals surface area contributed by atoms with E-state index in [2.05, 4.69) is 10.3 Å². The molecule has 9 nitrogen and oxygen atoms in total. The summed E-state index contributed by atoms with van der Waals surface area (Å²) >= 11 is 0. The van der Waals surface area contributed by atoms with Crippen LogP contribution in [0, 0.1) is 5.82 Å². The number of likely N-dealkylation sites (N-methyl/N-ethyl adjacent to an activating group) is 1. The minimum Gasteiger partial charge on any atom is -0.351 e. The summed E-state index contributed by atoms with van der Waals surface area (Å²) in [6, 6.07) is 8.63. The third-order valence-electron chi connectivity index (χ3n) is 8.14. The van der Waals surface area contributed by atoms with Crippen LogP contribution in [0.3, 0.4) is 0 Å². The van der Waals surface area contributed by atoms with Crippen molar-refractivity contribution in [2.45, 2.75) is 57.2 Å². The van der Waals surface area contributed by atoms with Crippen LogP contribution >= 0.6 is 0 Å². The van der Waals surface area contributed by atoms with Gasteiger partial charge < -0.3 is 25.0 Å². The van der Waals surface area contributed by atoms with E-state index in [0.29, 0.717) is 42.4 Å². The van der Waals surface area contributed by atoms with Gasteiger partial charge in [-0.1, -0.05) is 6.07 Å². The molecule has 0 spiro atoms. The van der Waals surface area contributed by atoms with Crippen molar-refractivity contribution in [3.8, 4) is 0 Å². The third-order valence-corrected chi connectivity index (χ3v) is 8.14. The highest BCUT2D eigenvalue weighted by Gasteiger charge is 2.46. The summed E-state index contributed by atoms with van der Waals surface area (Å²) < 4.78 is 41.1. The molecule has 0 saturated carbocycles. The number of aromatic amines is 1. The van der Waals surface area contributed by atoms with E-state index in [1.807, 2.05) is 0 Å². The average molecular weight is 584 g/mol. The predicted octanol–water partition coefficient (Wildman–Crippen LogP) is 3.79. The highest BCUT2D eigenvalue weighted by Crippen LogP contribution is 2.32. The number of nitrogens with one attached hydrogen (secondary N) is 2. The van der Waals surface area contributed by atoms with E-state index >= 15 is 0 Å². The molecule has 2 fully saturated rings. The predicted molar refractivity (Wildman–Crippen MR) is 149 cm³/mol. The zero-order valence-electron chi connectivity index (χ0n) is 23.5. The molecule has 4 amide bonds. The van der Waals surface area contributed by atoms with Gasteiger partial charge in [0.05, 0.1) is 0 Å². The second-order valence-corrected chi connectivity index (χ2v) is 11.0. The van der Waals surface area contributed by atoms with E-state index in [0.717, 1.165) is 6.92 Å². The smallest absolute Gasteiger partial charge is 0.270 e. The summed E-state index contributed by atoms with van der Waals surface area (Å²) in [6.45, 7) is 2.42. The molecule has 2 aromatic carbocycles. The Labute approximate surface area is 240 Å². The van der Waals surface area contributed by atoms with E-state index in [1.165, 1.54) is 70.2 Å². The number of carbonyl (C=O) groups excluding carboxylic acids is 4. The topological polar surface area (TPSA) is 106 Å². The van der Waals surface area contributed by atoms with Crippen LogP contribution in [0.25, 0.3) is 10.9 Å². The average Bonchev–Trinajstić information content (AvgIpc) is 3.56. The Balaban J connectivity index is 1.41. The number of anilines is 1. The molecule has 2 aliphatic rings. The summed E-state index contributed by atoms with van der Waals surface area (Å²) in [5.74, 6) is -5.24. The lowest BCUT2D eigenvalue weighted by Gasteiger charge is -2.39. The normalized spacial score (nSPS) is 21.1. The molecule has 5 rings (SSSR count). The van der Waals surface area contributed by atoms with Gasteiger partial charge in [-0.05, 0) is 61.7 Å². The molecular formula is C30H32F3N5O4. The second-order valence-electron chi connectivity index (χ2n) is 11.0. The van der Waals surface area contributed by atoms with Crippen molar-refractivity contribution in [2.75, 3.05) is 25.0 Å². The van der Waals surface area contributed by atoms with Gasteiger partial charge in [0.2, 0.25) is 17.7 Å². The number of amides is 4. The molecule has 12 heteroatoms. The fraction of sp³-hybridized carbons (Fsp3) is 0.400. The van der Waals surface area contributed by atoms with Gasteiger partial charge in [-0.3, -0.25) is 19.2 Å². The zero-order valence-corrected chi connectivity index (χ0v) is 23.5. The Bertz CT molecular complexity index is 1530. The number of H-pyrrole nitrogens is 1. The quantitative estimate of drug-likeness (QED) is 0.477. The summed E-state index contributed by atoms with van der Waals surface area (Å²) in [7, 11) is 1.56. The molecule has 1 aromatic heterocycles. The minimum atomic E-state index is -3.06. The van der Waals surface area contributed by atoms with Crippen molar-refractivity contribution in [3.63, 3.8) is 0 Å². The number of nitrogens with zero attached hydrogens (tertiary/aromatic N) is 3. The number of rotatable bonds is 5. The van der Waals surface area contributed by atoms with Crippen LogP contribution < -0.4 is 10.2 Å². The highest BCUT2D eigenvalue weighted by atomic mass is 19.3. The van der Waals surface area contributed by atoms with Gasteiger partial charge in [0.15, 0.2) is 0 Å². The number of alkyl halides is 2. The fourth-order valence-electron chi connectivity index (χ4n) is 5.79. The zero-order chi connectivity index (χ0) is 30.3. The van der Waals surface area contributed by atoms with Crippen molar-refractivity contribution in [1.82, 2.24) is 20.1 Å². The molecule has 2 aliphatic heterocycles. The first-order valence-electron chi connectivity index (χ1n) is 13.8. The van der Waals surface area contributed by atoms with Crippen molar-refractivity contribution in [1.29, 1.82) is 0 Å². The second kappa shape index (κ2) is 11.1. The molecule has 0 radical (unpaired) electrons. The van der Waals surface area contributed by atoms with E-state index in [-0.39, 0.29) is 35.7 Å². The molecule has 2 N–H and O–H groups in total. The van der Waals surface area contributed by atoms with E-state index < -0.39 is 35.6 Å². The highest BCUT2D eigenvalue weighted by molar-refractivity contribution is 6.03. The van der Waals surface area contributed by atoms with Gasteiger partial charge in [0.25, 0.3) is 11.8 Å². The Morgan fingerprint density at radius 1 is 1.05 bits per heavy atom. The number of hydrogen-bond donors (Lipinski definition) is 2. The van der Waals surface area contributed by atoms with Crippen molar-refractivity contribution in [3.05, 3.63) is 65.6 Å². The van der Waals surface area contributed by atoms with Gasteiger partial charge in [0, 0.05) is 62.2 Å². The fourth-order valence-corrected chi connectivity index (χ4v) is 5.79. The minimum absolute atomic E-state index is 0.0624. The maximum absolute atomic E-state index is 14.0. The Kier molecular flexibility index (Phi) is 7.74. The maximum atomic E-state index is 14.0. The first-order valence-corrected chi connectivity index (χ1v) is 13.8. The molecule has 0 aliphatic carbocycles. The van der Waals surface area contributed by atoms with Crippen LogP contribution in [0.2, 0.25) is 0 Å². The van der Waals surface area contributed by atoms with Gasteiger partial charge in [0.1, 0.15) is 23.6 Å². The monoisotopic (exact) mass is 583 g/mol. The number of benzene rings is 2. The molecule has 3 heterocycles. The summed E-state index contributed by atoms with van der Waals surface area (Å²) in [5.41, 5.74) is 0.804. The first-order chi connectivity index (χ1) is 19.8. The van der Waals surface area contributed by atoms with Crippen LogP contribution in [0.15, 0.2) is 48.5 Å². The molecular weight excluding hydrogens is 551 g/mol. The molecule has 2 saturated heterocycles. The number of fused-ring (bicyclic) bond motifs is 2. The van der Waals surface area contributed by atoms with Crippen LogP contribution in [-0.4, -0.2) is 76.7 Å². The van der Waals surface area contributed by atoms with Gasteiger partial charge in [-0.2, -0.15) is 0 Å². The van der Waals surface area contributed by atoms with Crippen molar-refractivity contribution >= 4 is 40.2 Å². The Morgan fingerprint density at radius 2 is 1.76 bits per heavy atom. The molecule has 42 heavy (non-hydrogen) atoms. The lowest BCUT2D eigenvalue weighted by Crippen LogP contribution is -2.61. The van der Waals surface area contributed by atoms with Gasteiger partial charge in [-0.15, -0.1) is 0 Å². The number of hydrogen-bond acceptors (Lipinski definition) is 4. The Morgan fingerprint density at radius 3 is 2.43 bits per heavy atom. The lowest BCUT2D eigenvalue weighted by molar-refractivity contribution is -0.144. The standard InChI is InChI=1S/C30H32F3N5O4/c1-17(39)37-13-12-22-9-11-26(29(42)36(3)21-7-5-20(31)6-8-21)38(22)28(41)25(16-37)35-27(40)24-15-18-14-19(30(2,32)33)4-10-23(18)34-24/h4-8,10,14-15,22,25-26,34H,9,11-13,16H2,1-3H3,(H,35,40)/t22-,25+,26+/m1/s1. The maximum Gasteiger partial charge on any atom is 0.270 e. The van der Waals surface area contributed by atoms with Crippen LogP contribution in [0.4, 0.5) is 18.9 Å². The van der Waals surface area contributed by atoms with E-state index in [1.54, 1.807) is 7.05 Å². The van der Waals surface area contributed by atoms with Crippen LogP contribution in [-0.2, 0) is 20.3 Å². The Hall–Kier alpha value is -4.35. The van der Waals surface area contributed by atoms with E-state index in [9.17, 15) is 32.3 Å². The largest absolute Gasteiger partial charge is 0.351 e. The molecule has 0 bridgehead atoms. The third kappa shape index (κ3) is 5.70. The summed E-state index contributed by atoms with van der Waals surface area (Å²) in [4.78, 5) is 60.6. The molecule has 3 atom stereocenters. The molecule has 0 unspecified atom stereocenters. The first kappa shape index (κ1) is 29.2. The van der Waals surface area contributed by atoms with E-state index in [4.69, 9.17) is 0 Å². The molecule has 3 aromatic rings. The number of carbonyl (C=O) groups is 4. The number of aromatic nitrogens is 1. The summed E-state index contributed by atoms with van der Waals surface area (Å²) in [6.07, 6.45) is 1.41. The van der Waals surface area contributed by atoms with Crippen LogP contribution in [0.5, 0.6) is 0 Å². The van der Waals surface area contributed by atoms with Gasteiger partial charge in [-0.25, -0.2) is 13.2 Å². The van der Waals surface area contributed by atoms with Crippen molar-refractivity contribution in [2.24, 2.45) is 0 Å². The van der Waals surface area contributed by atoms with Crippen molar-refractivity contribution < 1.29 is 32.3 Å². The SMILES string of the molecule is CC(=O)N1CC[C@H]2CC[C@@H](C(=O)N(C)c3ccc(F)cc3)N2C(=O)[C@@H](NC(=O)c2cc3cc(C(C)(F)F)ccc3[nH]2)C1. The number of halogens is 3. The lowest BCUT2D eigenvalue weighted by atomic mass is 10.1. The molecule has 222 valence electrons. The summed E-state index contributed by atoms with van der Waals surface area (Å²) in [5, 5.41) is 3.12.